The molecule has 1 aromatic carbocycles. The molecule has 0 saturated carbocycles. The molecule has 0 aliphatic heterocycles. The summed E-state index contributed by atoms with van der Waals surface area (Å²) in [6.07, 6.45) is 1.12. The third kappa shape index (κ3) is 5.39. The minimum atomic E-state index is 0.0107. The topological polar surface area (TPSA) is 30.5 Å². The number of methoxy groups -OCH3 is 1. The van der Waals surface area contributed by atoms with Gasteiger partial charge in [0.1, 0.15) is 11.9 Å². The smallest absolute Gasteiger partial charge is 0.134 e. The van der Waals surface area contributed by atoms with Crippen molar-refractivity contribution in [3.63, 3.8) is 0 Å². The Morgan fingerprint density at radius 3 is 2.42 bits per heavy atom. The predicted molar refractivity (Wildman–Crippen MR) is 80.4 cm³/mol. The van der Waals surface area contributed by atoms with Crippen LogP contribution in [0, 0.1) is 13.8 Å². The van der Waals surface area contributed by atoms with E-state index >= 15 is 0 Å². The van der Waals surface area contributed by atoms with Gasteiger partial charge in [0.05, 0.1) is 6.61 Å². The van der Waals surface area contributed by atoms with E-state index in [0.29, 0.717) is 6.61 Å². The van der Waals surface area contributed by atoms with E-state index in [1.165, 1.54) is 0 Å². The maximum atomic E-state index is 6.16. The molecule has 0 heterocycles. The summed E-state index contributed by atoms with van der Waals surface area (Å²) >= 11 is 6.16. The first-order valence-corrected chi connectivity index (χ1v) is 7.09. The second-order valence-electron chi connectivity index (χ2n) is 4.77. The number of rotatable bonds is 8. The zero-order valence-corrected chi connectivity index (χ0v) is 13.0. The van der Waals surface area contributed by atoms with E-state index in [4.69, 9.17) is 21.1 Å². The minimum Gasteiger partial charge on any atom is -0.487 e. The minimum absolute atomic E-state index is 0.0107. The predicted octanol–water partition coefficient (Wildman–Crippen LogP) is 3.35. The second-order valence-corrected chi connectivity index (χ2v) is 5.15. The first-order valence-electron chi connectivity index (χ1n) is 6.71. The van der Waals surface area contributed by atoms with E-state index in [9.17, 15) is 0 Å². The van der Waals surface area contributed by atoms with Gasteiger partial charge in [0.25, 0.3) is 0 Å². The van der Waals surface area contributed by atoms with Crippen molar-refractivity contribution in [1.29, 1.82) is 0 Å². The van der Waals surface area contributed by atoms with Crippen LogP contribution in [0.15, 0.2) is 12.1 Å². The van der Waals surface area contributed by atoms with E-state index in [-0.39, 0.29) is 6.10 Å². The Bertz CT molecular complexity index is 373. The van der Waals surface area contributed by atoms with Gasteiger partial charge in [-0.2, -0.15) is 0 Å². The Hall–Kier alpha value is -0.770. The number of aryl methyl sites for hydroxylation is 2. The quantitative estimate of drug-likeness (QED) is 0.743. The summed E-state index contributed by atoms with van der Waals surface area (Å²) in [6, 6.07) is 3.94. The summed E-state index contributed by atoms with van der Waals surface area (Å²) in [5.74, 6) is 0.847. The fraction of sp³-hybridized carbons (Fsp3) is 0.600. The number of hydrogen-bond donors (Lipinski definition) is 1. The summed E-state index contributed by atoms with van der Waals surface area (Å²) in [6.45, 7) is 8.46. The Labute approximate surface area is 121 Å². The van der Waals surface area contributed by atoms with Crippen molar-refractivity contribution in [3.05, 3.63) is 28.3 Å². The molecule has 0 radical (unpaired) electrons. The highest BCUT2D eigenvalue weighted by Gasteiger charge is 2.11. The molecule has 108 valence electrons. The van der Waals surface area contributed by atoms with Gasteiger partial charge in [-0.3, -0.25) is 0 Å². The van der Waals surface area contributed by atoms with Gasteiger partial charge in [-0.25, -0.2) is 0 Å². The van der Waals surface area contributed by atoms with Gasteiger partial charge in [0.15, 0.2) is 0 Å². The third-order valence-electron chi connectivity index (χ3n) is 2.86. The highest BCUT2D eigenvalue weighted by atomic mass is 35.5. The lowest BCUT2D eigenvalue weighted by molar-refractivity contribution is 0.0807. The van der Waals surface area contributed by atoms with E-state index < -0.39 is 0 Å². The largest absolute Gasteiger partial charge is 0.487 e. The summed E-state index contributed by atoms with van der Waals surface area (Å²) in [5, 5.41) is 4.16. The lowest BCUT2D eigenvalue weighted by Gasteiger charge is -2.20. The molecule has 19 heavy (non-hydrogen) atoms. The Balaban J connectivity index is 2.67. The number of benzene rings is 1. The molecule has 1 atom stereocenters. The van der Waals surface area contributed by atoms with Crippen molar-refractivity contribution in [2.24, 2.45) is 0 Å². The average molecular weight is 286 g/mol. The van der Waals surface area contributed by atoms with Crippen LogP contribution in [0.2, 0.25) is 5.02 Å². The molecular weight excluding hydrogens is 262 g/mol. The number of hydrogen-bond acceptors (Lipinski definition) is 3. The van der Waals surface area contributed by atoms with Crippen LogP contribution in [0.1, 0.15) is 24.5 Å². The molecular formula is C15H24ClNO2. The van der Waals surface area contributed by atoms with Crippen LogP contribution in [0.4, 0.5) is 0 Å². The summed E-state index contributed by atoms with van der Waals surface area (Å²) in [7, 11) is 1.69. The van der Waals surface area contributed by atoms with Gasteiger partial charge in [-0.1, -0.05) is 18.5 Å². The van der Waals surface area contributed by atoms with Crippen molar-refractivity contribution in [2.75, 3.05) is 26.8 Å². The first-order chi connectivity index (χ1) is 9.08. The third-order valence-corrected chi connectivity index (χ3v) is 3.46. The van der Waals surface area contributed by atoms with Gasteiger partial charge in [0.2, 0.25) is 0 Å². The van der Waals surface area contributed by atoms with Crippen LogP contribution in [-0.4, -0.2) is 32.9 Å². The number of halogens is 1. The zero-order valence-electron chi connectivity index (χ0n) is 12.3. The molecule has 1 rings (SSSR count). The van der Waals surface area contributed by atoms with E-state index in [0.717, 1.165) is 41.4 Å². The first kappa shape index (κ1) is 16.3. The van der Waals surface area contributed by atoms with Gasteiger partial charge >= 0.3 is 0 Å². The maximum Gasteiger partial charge on any atom is 0.134 e. The molecule has 0 amide bonds. The molecule has 4 heteroatoms. The fourth-order valence-corrected chi connectivity index (χ4v) is 2.04. The standard InChI is InChI=1S/C15H24ClNO2/c1-5-6-17-9-14(10-18-4)19-13-7-11(2)15(16)12(3)8-13/h7-8,14,17H,5-6,9-10H2,1-4H3. The van der Waals surface area contributed by atoms with Crippen LogP contribution >= 0.6 is 11.6 Å². The highest BCUT2D eigenvalue weighted by Crippen LogP contribution is 2.26. The normalized spacial score (nSPS) is 12.5. The molecule has 0 aliphatic rings. The summed E-state index contributed by atoms with van der Waals surface area (Å²) < 4.78 is 11.2. The van der Waals surface area contributed by atoms with Gasteiger partial charge in [-0.15, -0.1) is 0 Å². The SMILES string of the molecule is CCCNCC(COC)Oc1cc(C)c(Cl)c(C)c1. The highest BCUT2D eigenvalue weighted by molar-refractivity contribution is 6.32. The Kier molecular flexibility index (Phi) is 7.21. The number of ether oxygens (including phenoxy) is 2. The maximum absolute atomic E-state index is 6.16. The molecule has 0 saturated heterocycles. The van der Waals surface area contributed by atoms with Crippen molar-refractivity contribution < 1.29 is 9.47 Å². The Morgan fingerprint density at radius 1 is 1.26 bits per heavy atom. The van der Waals surface area contributed by atoms with Gasteiger partial charge < -0.3 is 14.8 Å². The average Bonchev–Trinajstić information content (AvgIpc) is 2.36. The van der Waals surface area contributed by atoms with Crippen LogP contribution in [-0.2, 0) is 4.74 Å². The molecule has 3 nitrogen and oxygen atoms in total. The molecule has 0 spiro atoms. The van der Waals surface area contributed by atoms with Crippen LogP contribution in [0.5, 0.6) is 5.75 Å². The summed E-state index contributed by atoms with van der Waals surface area (Å²) in [4.78, 5) is 0. The monoisotopic (exact) mass is 285 g/mol. The van der Waals surface area contributed by atoms with Crippen molar-refractivity contribution in [1.82, 2.24) is 5.32 Å². The second kappa shape index (κ2) is 8.41. The van der Waals surface area contributed by atoms with Crippen molar-refractivity contribution >= 4 is 11.6 Å². The molecule has 0 fully saturated rings. The van der Waals surface area contributed by atoms with Crippen molar-refractivity contribution in [2.45, 2.75) is 33.3 Å². The van der Waals surface area contributed by atoms with E-state index in [2.05, 4.69) is 12.2 Å². The van der Waals surface area contributed by atoms with Gasteiger partial charge in [-0.05, 0) is 50.1 Å². The molecule has 1 unspecified atom stereocenters. The van der Waals surface area contributed by atoms with Crippen LogP contribution in [0.3, 0.4) is 0 Å². The van der Waals surface area contributed by atoms with E-state index in [1.54, 1.807) is 7.11 Å². The van der Waals surface area contributed by atoms with Crippen LogP contribution < -0.4 is 10.1 Å². The van der Waals surface area contributed by atoms with Crippen LogP contribution in [0.25, 0.3) is 0 Å². The fourth-order valence-electron chi connectivity index (χ4n) is 1.93. The summed E-state index contributed by atoms with van der Waals surface area (Å²) in [5.41, 5.74) is 2.07. The molecule has 0 aliphatic carbocycles. The lowest BCUT2D eigenvalue weighted by atomic mass is 10.1. The van der Waals surface area contributed by atoms with Gasteiger partial charge in [0, 0.05) is 18.7 Å². The number of nitrogens with one attached hydrogen (secondary N) is 1. The van der Waals surface area contributed by atoms with E-state index in [1.807, 2.05) is 26.0 Å². The Morgan fingerprint density at radius 2 is 1.89 bits per heavy atom. The zero-order chi connectivity index (χ0) is 14.3. The molecule has 0 bridgehead atoms. The molecule has 1 N–H and O–H groups in total. The lowest BCUT2D eigenvalue weighted by Crippen LogP contribution is -2.35. The molecule has 0 aromatic heterocycles. The molecule has 1 aromatic rings. The van der Waals surface area contributed by atoms with Crippen molar-refractivity contribution in [3.8, 4) is 5.75 Å².